The molecule has 1 aromatic carbocycles. The SMILES string of the molecule is CC(=O)Nc1ccc(/C=C(\C#N)c2nc(N)nc(N)n2)cc1. The van der Waals surface area contributed by atoms with Gasteiger partial charge in [-0.25, -0.2) is 0 Å². The monoisotopic (exact) mass is 295 g/mol. The van der Waals surface area contributed by atoms with Crippen molar-refractivity contribution in [2.45, 2.75) is 6.92 Å². The number of nitrogens with zero attached hydrogens (tertiary/aromatic N) is 4. The van der Waals surface area contributed by atoms with Gasteiger partial charge in [0.05, 0.1) is 5.57 Å². The highest BCUT2D eigenvalue weighted by atomic mass is 16.1. The molecular formula is C14H13N7O. The predicted molar refractivity (Wildman–Crippen MR) is 82.9 cm³/mol. The van der Waals surface area contributed by atoms with Crippen LogP contribution < -0.4 is 16.8 Å². The third-order valence-corrected chi connectivity index (χ3v) is 2.57. The van der Waals surface area contributed by atoms with Crippen molar-refractivity contribution in [3.05, 3.63) is 35.7 Å². The number of allylic oxidation sites excluding steroid dienone is 1. The first-order valence-electron chi connectivity index (χ1n) is 6.25. The molecular weight excluding hydrogens is 282 g/mol. The molecule has 0 fully saturated rings. The summed E-state index contributed by atoms with van der Waals surface area (Å²) < 4.78 is 0. The van der Waals surface area contributed by atoms with Crippen LogP contribution >= 0.6 is 0 Å². The van der Waals surface area contributed by atoms with Crippen LogP contribution in [0.15, 0.2) is 24.3 Å². The molecule has 0 aliphatic rings. The Kier molecular flexibility index (Phi) is 4.29. The van der Waals surface area contributed by atoms with Gasteiger partial charge < -0.3 is 16.8 Å². The molecule has 1 amide bonds. The number of hydrogen-bond acceptors (Lipinski definition) is 7. The average Bonchev–Trinajstić information content (AvgIpc) is 2.44. The molecule has 0 bridgehead atoms. The highest BCUT2D eigenvalue weighted by Crippen LogP contribution is 2.17. The van der Waals surface area contributed by atoms with Crippen LogP contribution in [0, 0.1) is 11.3 Å². The van der Waals surface area contributed by atoms with E-state index in [2.05, 4.69) is 20.3 Å². The Morgan fingerprint density at radius 3 is 2.27 bits per heavy atom. The molecule has 0 radical (unpaired) electrons. The van der Waals surface area contributed by atoms with Crippen molar-refractivity contribution in [1.82, 2.24) is 15.0 Å². The molecule has 2 rings (SSSR count). The lowest BCUT2D eigenvalue weighted by molar-refractivity contribution is -0.114. The maximum Gasteiger partial charge on any atom is 0.225 e. The van der Waals surface area contributed by atoms with E-state index in [-0.39, 0.29) is 29.2 Å². The zero-order valence-electron chi connectivity index (χ0n) is 11.7. The summed E-state index contributed by atoms with van der Waals surface area (Å²) in [5, 5.41) is 11.9. The van der Waals surface area contributed by atoms with Gasteiger partial charge in [0, 0.05) is 12.6 Å². The van der Waals surface area contributed by atoms with E-state index in [4.69, 9.17) is 11.5 Å². The molecule has 8 nitrogen and oxygen atoms in total. The van der Waals surface area contributed by atoms with Gasteiger partial charge in [-0.2, -0.15) is 20.2 Å². The number of hydrogen-bond donors (Lipinski definition) is 3. The molecule has 1 heterocycles. The molecule has 0 aliphatic heterocycles. The zero-order valence-corrected chi connectivity index (χ0v) is 11.7. The van der Waals surface area contributed by atoms with Crippen molar-refractivity contribution in [2.24, 2.45) is 0 Å². The van der Waals surface area contributed by atoms with Crippen LogP contribution in [-0.4, -0.2) is 20.9 Å². The lowest BCUT2D eigenvalue weighted by Gasteiger charge is -2.03. The van der Waals surface area contributed by atoms with Gasteiger partial charge in [-0.05, 0) is 23.8 Å². The largest absolute Gasteiger partial charge is 0.368 e. The number of rotatable bonds is 3. The minimum atomic E-state index is -0.155. The molecule has 0 saturated heterocycles. The second-order valence-electron chi connectivity index (χ2n) is 4.35. The minimum absolute atomic E-state index is 0.0512. The normalized spacial score (nSPS) is 10.8. The van der Waals surface area contributed by atoms with Crippen molar-refractivity contribution in [3.63, 3.8) is 0 Å². The van der Waals surface area contributed by atoms with E-state index >= 15 is 0 Å². The van der Waals surface area contributed by atoms with Crippen LogP contribution in [0.2, 0.25) is 0 Å². The fourth-order valence-corrected chi connectivity index (χ4v) is 1.71. The van der Waals surface area contributed by atoms with Crippen LogP contribution in [0.4, 0.5) is 17.6 Å². The molecule has 0 aliphatic carbocycles. The third-order valence-electron chi connectivity index (χ3n) is 2.57. The summed E-state index contributed by atoms with van der Waals surface area (Å²) in [6, 6.07) is 8.93. The summed E-state index contributed by atoms with van der Waals surface area (Å²) in [4.78, 5) is 22.4. The van der Waals surface area contributed by atoms with Gasteiger partial charge in [-0.15, -0.1) is 0 Å². The van der Waals surface area contributed by atoms with Gasteiger partial charge in [0.25, 0.3) is 0 Å². The summed E-state index contributed by atoms with van der Waals surface area (Å²) in [6.45, 7) is 1.43. The van der Waals surface area contributed by atoms with Gasteiger partial charge in [0.2, 0.25) is 17.8 Å². The van der Waals surface area contributed by atoms with Crippen LogP contribution in [0.5, 0.6) is 0 Å². The lowest BCUT2D eigenvalue weighted by atomic mass is 10.1. The molecule has 1 aromatic heterocycles. The van der Waals surface area contributed by atoms with E-state index < -0.39 is 0 Å². The lowest BCUT2D eigenvalue weighted by Crippen LogP contribution is -2.06. The predicted octanol–water partition coefficient (Wildman–Crippen LogP) is 1.06. The van der Waals surface area contributed by atoms with E-state index in [1.165, 1.54) is 6.92 Å². The van der Waals surface area contributed by atoms with Crippen LogP contribution in [0.25, 0.3) is 11.6 Å². The molecule has 2 aromatic rings. The van der Waals surface area contributed by atoms with E-state index in [0.717, 1.165) is 5.56 Å². The fraction of sp³-hybridized carbons (Fsp3) is 0.0714. The summed E-state index contributed by atoms with van der Waals surface area (Å²) in [7, 11) is 0. The van der Waals surface area contributed by atoms with Gasteiger partial charge in [0.15, 0.2) is 5.82 Å². The van der Waals surface area contributed by atoms with Crippen LogP contribution in [-0.2, 0) is 4.79 Å². The van der Waals surface area contributed by atoms with Crippen molar-refractivity contribution in [3.8, 4) is 6.07 Å². The summed E-state index contributed by atoms with van der Waals surface area (Å²) in [6.07, 6.45) is 1.59. The summed E-state index contributed by atoms with van der Waals surface area (Å²) >= 11 is 0. The Labute approximate surface area is 126 Å². The Morgan fingerprint density at radius 1 is 1.18 bits per heavy atom. The first-order valence-corrected chi connectivity index (χ1v) is 6.25. The second kappa shape index (κ2) is 6.32. The summed E-state index contributed by atoms with van der Waals surface area (Å²) in [5.41, 5.74) is 12.6. The number of nitriles is 1. The number of carbonyl (C=O) groups is 1. The molecule has 0 saturated carbocycles. The van der Waals surface area contributed by atoms with Crippen molar-refractivity contribution < 1.29 is 4.79 Å². The average molecular weight is 295 g/mol. The van der Waals surface area contributed by atoms with E-state index in [9.17, 15) is 10.1 Å². The number of aromatic nitrogens is 3. The number of amides is 1. The number of nitrogens with two attached hydrogens (primary N) is 2. The highest BCUT2D eigenvalue weighted by Gasteiger charge is 2.08. The third kappa shape index (κ3) is 3.77. The molecule has 8 heteroatoms. The summed E-state index contributed by atoms with van der Waals surface area (Å²) in [5.74, 6) is -0.148. The smallest absolute Gasteiger partial charge is 0.225 e. The Morgan fingerprint density at radius 2 is 1.77 bits per heavy atom. The molecule has 0 unspecified atom stereocenters. The van der Waals surface area contributed by atoms with Crippen LogP contribution in [0.1, 0.15) is 18.3 Å². The minimum Gasteiger partial charge on any atom is -0.368 e. The second-order valence-corrected chi connectivity index (χ2v) is 4.35. The topological polar surface area (TPSA) is 144 Å². The van der Waals surface area contributed by atoms with Gasteiger partial charge in [-0.3, -0.25) is 4.79 Å². The number of nitrogen functional groups attached to an aromatic ring is 2. The van der Waals surface area contributed by atoms with Gasteiger partial charge in [-0.1, -0.05) is 12.1 Å². The van der Waals surface area contributed by atoms with E-state index in [1.54, 1.807) is 30.3 Å². The fourth-order valence-electron chi connectivity index (χ4n) is 1.71. The zero-order chi connectivity index (χ0) is 16.1. The highest BCUT2D eigenvalue weighted by molar-refractivity contribution is 5.90. The quantitative estimate of drug-likeness (QED) is 0.718. The Balaban J connectivity index is 2.32. The standard InChI is InChI=1S/C14H13N7O/c1-8(22)18-11-4-2-9(3-5-11)6-10(7-15)12-19-13(16)21-14(17)20-12/h2-6H,1H3,(H,18,22)(H4,16,17,19,20,21)/b10-6+. The molecule has 5 N–H and O–H groups in total. The number of carbonyl (C=O) groups excluding carboxylic acids is 1. The van der Waals surface area contributed by atoms with Crippen molar-refractivity contribution >= 4 is 35.1 Å². The van der Waals surface area contributed by atoms with Crippen molar-refractivity contribution in [1.29, 1.82) is 5.26 Å². The Bertz CT molecular complexity index is 755. The maximum atomic E-state index is 11.0. The number of nitrogens with one attached hydrogen (secondary N) is 1. The number of anilines is 3. The first-order chi connectivity index (χ1) is 10.5. The molecule has 110 valence electrons. The molecule has 0 atom stereocenters. The molecule has 0 spiro atoms. The Hall–Kier alpha value is -3.47. The van der Waals surface area contributed by atoms with Crippen molar-refractivity contribution in [2.75, 3.05) is 16.8 Å². The first kappa shape index (κ1) is 14.9. The molecule has 22 heavy (non-hydrogen) atoms. The number of benzene rings is 1. The van der Waals surface area contributed by atoms with E-state index in [1.807, 2.05) is 6.07 Å². The van der Waals surface area contributed by atoms with Crippen LogP contribution in [0.3, 0.4) is 0 Å². The van der Waals surface area contributed by atoms with E-state index in [0.29, 0.717) is 5.69 Å². The maximum absolute atomic E-state index is 11.0. The van der Waals surface area contributed by atoms with Gasteiger partial charge in [0.1, 0.15) is 6.07 Å². The van der Waals surface area contributed by atoms with Gasteiger partial charge >= 0.3 is 0 Å².